The minimum absolute atomic E-state index is 0.472. The summed E-state index contributed by atoms with van der Waals surface area (Å²) in [6, 6.07) is 46.0. The van der Waals surface area contributed by atoms with E-state index < -0.39 is 0 Å². The summed E-state index contributed by atoms with van der Waals surface area (Å²) in [5.74, 6) is 3.05. The number of oxazole rings is 6. The first kappa shape index (κ1) is 32.4. The molecular formula is C48H24N6O6. The summed E-state index contributed by atoms with van der Waals surface area (Å²) in [6.45, 7) is 0. The summed E-state index contributed by atoms with van der Waals surface area (Å²) in [5, 5.41) is 0. The van der Waals surface area contributed by atoms with E-state index in [1.165, 1.54) is 0 Å². The van der Waals surface area contributed by atoms with E-state index in [1.807, 2.05) is 146 Å². The number of nitrogens with zero attached hydrogens (tertiary/aromatic N) is 6. The summed E-state index contributed by atoms with van der Waals surface area (Å²) in [4.78, 5) is 28.2. The number of hydrogen-bond acceptors (Lipinski definition) is 12. The Labute approximate surface area is 336 Å². The smallest absolute Gasteiger partial charge is 0.227 e. The van der Waals surface area contributed by atoms with Crippen molar-refractivity contribution in [2.75, 3.05) is 0 Å². The largest absolute Gasteiger partial charge is 0.436 e. The highest BCUT2D eigenvalue weighted by Gasteiger charge is 2.18. The molecule has 12 heteroatoms. The molecule has 0 aliphatic rings. The van der Waals surface area contributed by atoms with E-state index in [0.29, 0.717) is 79.7 Å². The normalized spacial score (nSPS) is 12.0. The van der Waals surface area contributed by atoms with Crippen molar-refractivity contribution in [3.05, 3.63) is 146 Å². The number of fused-ring (bicyclic) bond motifs is 6. The first-order chi connectivity index (χ1) is 29.6. The Morgan fingerprint density at radius 3 is 0.717 bits per heavy atom. The molecule has 6 heterocycles. The van der Waals surface area contributed by atoms with Gasteiger partial charge in [0.1, 0.15) is 33.1 Å². The fourth-order valence-electron chi connectivity index (χ4n) is 7.45. The molecule has 6 aromatic heterocycles. The zero-order valence-electron chi connectivity index (χ0n) is 31.0. The zero-order valence-corrected chi connectivity index (χ0v) is 31.0. The molecule has 7 aromatic carbocycles. The van der Waals surface area contributed by atoms with E-state index in [0.717, 1.165) is 55.6 Å². The maximum atomic E-state index is 6.19. The van der Waals surface area contributed by atoms with Gasteiger partial charge in [-0.25, -0.2) is 29.9 Å². The second-order valence-corrected chi connectivity index (χ2v) is 14.4. The minimum atomic E-state index is 0.472. The summed E-state index contributed by atoms with van der Waals surface area (Å²) < 4.78 is 36.6. The van der Waals surface area contributed by atoms with E-state index in [2.05, 4.69) is 9.97 Å². The van der Waals surface area contributed by atoms with Crippen molar-refractivity contribution in [3.8, 4) is 68.7 Å². The van der Waals surface area contributed by atoms with E-state index >= 15 is 0 Å². The van der Waals surface area contributed by atoms with Crippen molar-refractivity contribution in [1.29, 1.82) is 0 Å². The Balaban J connectivity index is 0.726. The number of para-hydroxylation sites is 4. The fraction of sp³-hybridized carbons (Fsp3) is 0. The molecule has 0 fully saturated rings. The Morgan fingerprint density at radius 1 is 0.217 bits per heavy atom. The van der Waals surface area contributed by atoms with Crippen LogP contribution in [-0.4, -0.2) is 29.9 Å². The lowest BCUT2D eigenvalue weighted by Crippen LogP contribution is -1.81. The first-order valence-corrected chi connectivity index (χ1v) is 19.1. The Kier molecular flexibility index (Phi) is 6.72. The van der Waals surface area contributed by atoms with E-state index in [9.17, 15) is 0 Å². The second kappa shape index (κ2) is 12.4. The minimum Gasteiger partial charge on any atom is -0.436 e. The van der Waals surface area contributed by atoms with Gasteiger partial charge in [-0.3, -0.25) is 0 Å². The van der Waals surface area contributed by atoms with Crippen LogP contribution in [-0.2, 0) is 0 Å². The highest BCUT2D eigenvalue weighted by atomic mass is 16.4. The van der Waals surface area contributed by atoms with Gasteiger partial charge < -0.3 is 26.5 Å². The molecule has 12 nitrogen and oxygen atoms in total. The number of benzene rings is 7. The maximum absolute atomic E-state index is 6.19. The molecule has 0 aliphatic heterocycles. The quantitative estimate of drug-likeness (QED) is 0.157. The average Bonchev–Trinajstić information content (AvgIpc) is 4.16. The number of rotatable bonds is 6. The Hall–Kier alpha value is -8.64. The van der Waals surface area contributed by atoms with Crippen molar-refractivity contribution in [3.63, 3.8) is 0 Å². The van der Waals surface area contributed by atoms with Crippen LogP contribution in [0.5, 0.6) is 0 Å². The van der Waals surface area contributed by atoms with Crippen LogP contribution < -0.4 is 0 Å². The predicted molar refractivity (Wildman–Crippen MR) is 224 cm³/mol. The highest BCUT2D eigenvalue weighted by Crippen LogP contribution is 2.35. The summed E-state index contributed by atoms with van der Waals surface area (Å²) in [6.07, 6.45) is 0. The van der Waals surface area contributed by atoms with Gasteiger partial charge in [-0.05, 0) is 109 Å². The number of hydrogen-bond donors (Lipinski definition) is 0. The standard InChI is InChI=1S/C48H24N6O6/c1-3-7-37-31(5-1)49-43(55-37)25-9-13-27(14-10-25)45-51-33-21-35-41(23-39(33)57-45)59-47(53-35)29-17-19-30(20-18-29)48-54-36-22-34-40(24-42(36)60-48)58-46(52-34)28-15-11-26(12-16-28)44-50-32-6-2-4-8-38(32)56-44/h1-24H. The van der Waals surface area contributed by atoms with Crippen LogP contribution in [0.1, 0.15) is 0 Å². The lowest BCUT2D eigenvalue weighted by atomic mass is 10.1. The fourth-order valence-corrected chi connectivity index (χ4v) is 7.45. The van der Waals surface area contributed by atoms with Crippen LogP contribution in [0.25, 0.3) is 135 Å². The van der Waals surface area contributed by atoms with Gasteiger partial charge in [-0.1, -0.05) is 24.3 Å². The molecule has 0 saturated carbocycles. The third-order valence-corrected chi connectivity index (χ3v) is 10.5. The molecule has 0 spiro atoms. The molecular weight excluding hydrogens is 757 g/mol. The second-order valence-electron chi connectivity index (χ2n) is 14.4. The van der Waals surface area contributed by atoms with Crippen molar-refractivity contribution in [1.82, 2.24) is 29.9 Å². The molecule has 0 radical (unpaired) electrons. The van der Waals surface area contributed by atoms with Crippen molar-refractivity contribution in [2.24, 2.45) is 0 Å². The van der Waals surface area contributed by atoms with Gasteiger partial charge >= 0.3 is 0 Å². The summed E-state index contributed by atoms with van der Waals surface area (Å²) in [5.41, 5.74) is 13.2. The van der Waals surface area contributed by atoms with Crippen molar-refractivity contribution < 1.29 is 26.5 Å². The van der Waals surface area contributed by atoms with Gasteiger partial charge in [-0.15, -0.1) is 0 Å². The molecule has 0 saturated heterocycles. The monoisotopic (exact) mass is 780 g/mol. The molecule has 60 heavy (non-hydrogen) atoms. The van der Waals surface area contributed by atoms with Crippen LogP contribution in [0.15, 0.2) is 172 Å². The molecule has 282 valence electrons. The van der Waals surface area contributed by atoms with Gasteiger partial charge in [0.2, 0.25) is 35.3 Å². The molecule has 0 bridgehead atoms. The lowest BCUT2D eigenvalue weighted by Gasteiger charge is -1.98. The van der Waals surface area contributed by atoms with Crippen LogP contribution in [0, 0.1) is 0 Å². The zero-order chi connectivity index (χ0) is 39.3. The van der Waals surface area contributed by atoms with E-state index in [1.54, 1.807) is 0 Å². The molecule has 0 unspecified atom stereocenters. The van der Waals surface area contributed by atoms with E-state index in [4.69, 9.17) is 46.4 Å². The van der Waals surface area contributed by atoms with E-state index in [-0.39, 0.29) is 0 Å². The molecule has 0 aliphatic carbocycles. The molecule has 0 N–H and O–H groups in total. The number of aromatic nitrogens is 6. The highest BCUT2D eigenvalue weighted by molar-refractivity contribution is 5.93. The van der Waals surface area contributed by atoms with Crippen LogP contribution in [0.3, 0.4) is 0 Å². The predicted octanol–water partition coefficient (Wildman–Crippen LogP) is 12.5. The topological polar surface area (TPSA) is 156 Å². The van der Waals surface area contributed by atoms with Gasteiger partial charge in [0, 0.05) is 45.5 Å². The van der Waals surface area contributed by atoms with Crippen LogP contribution in [0.2, 0.25) is 0 Å². The summed E-state index contributed by atoms with van der Waals surface area (Å²) >= 11 is 0. The Bertz CT molecular complexity index is 3360. The van der Waals surface area contributed by atoms with Gasteiger partial charge in [0.25, 0.3) is 0 Å². The van der Waals surface area contributed by atoms with Crippen molar-refractivity contribution >= 4 is 66.6 Å². The third-order valence-electron chi connectivity index (χ3n) is 10.5. The van der Waals surface area contributed by atoms with Crippen molar-refractivity contribution in [2.45, 2.75) is 0 Å². The summed E-state index contributed by atoms with van der Waals surface area (Å²) in [7, 11) is 0. The first-order valence-electron chi connectivity index (χ1n) is 19.1. The average molecular weight is 781 g/mol. The van der Waals surface area contributed by atoms with Gasteiger partial charge in [0.05, 0.1) is 0 Å². The third kappa shape index (κ3) is 5.32. The Morgan fingerprint density at radius 2 is 0.450 bits per heavy atom. The SMILES string of the molecule is c1ccc2oc(-c3ccc(-c4nc5cc6nc(-c7ccc(-c8nc9cc%10nc(-c%11ccc(-c%12nc%13ccccc%13o%12)cc%11)oc%10cc9o8)cc7)oc6cc5o4)cc3)nc2c1. The molecule has 0 atom stereocenters. The molecule has 13 aromatic rings. The van der Waals surface area contributed by atoms with Gasteiger partial charge in [0.15, 0.2) is 33.5 Å². The molecule has 13 rings (SSSR count). The molecule has 0 amide bonds. The van der Waals surface area contributed by atoms with Crippen LogP contribution >= 0.6 is 0 Å². The maximum Gasteiger partial charge on any atom is 0.227 e. The lowest BCUT2D eigenvalue weighted by molar-refractivity contribution is 0.607. The van der Waals surface area contributed by atoms with Crippen LogP contribution in [0.4, 0.5) is 0 Å². The van der Waals surface area contributed by atoms with Gasteiger partial charge in [-0.2, -0.15) is 0 Å².